The number of aromatic nitrogens is 11. The van der Waals surface area contributed by atoms with Gasteiger partial charge in [-0.05, 0) is 71.9 Å². The number of carbonyl (C=O) groups is 1. The van der Waals surface area contributed by atoms with E-state index in [1.807, 2.05) is 28.9 Å². The number of nitrogens with two attached hydrogens (primary N) is 2. The molecule has 0 aliphatic carbocycles. The molecule has 12 rings (SSSR count). The Bertz CT molecular complexity index is 4000. The van der Waals surface area contributed by atoms with E-state index in [4.69, 9.17) is 56.1 Å². The van der Waals surface area contributed by atoms with Gasteiger partial charge in [0, 0.05) is 43.3 Å². The van der Waals surface area contributed by atoms with Gasteiger partial charge in [-0.15, -0.1) is 5.10 Å². The first kappa shape index (κ1) is 56.8. The van der Waals surface area contributed by atoms with Gasteiger partial charge in [0.2, 0.25) is 7.57 Å². The van der Waals surface area contributed by atoms with Crippen LogP contribution in [-0.4, -0.2) is 132 Å². The highest BCUT2D eigenvalue weighted by molar-refractivity contribution is 8.54. The number of imidazole rings is 2. The number of halogens is 2. The molecule has 84 heavy (non-hydrogen) atoms. The number of anilines is 3. The molecule has 3 aliphatic heterocycles. The van der Waals surface area contributed by atoms with Crippen molar-refractivity contribution in [1.82, 2.24) is 54.0 Å². The van der Waals surface area contributed by atoms with Crippen LogP contribution in [0.2, 0.25) is 0 Å². The number of nitrogen functional groups attached to an aromatic ring is 2. The molecule has 5 aromatic heterocycles. The number of esters is 1. The van der Waals surface area contributed by atoms with E-state index in [2.05, 4.69) is 76.4 Å². The first-order valence-corrected chi connectivity index (χ1v) is 30.8. The largest absolute Gasteiger partial charge is 0.492 e. The van der Waals surface area contributed by atoms with Crippen molar-refractivity contribution in [3.8, 4) is 34.0 Å². The molecule has 4 aromatic carbocycles. The highest BCUT2D eigenvalue weighted by atomic mass is 32.7. The minimum absolute atomic E-state index is 0.00964. The zero-order valence-corrected chi connectivity index (χ0v) is 47.5. The number of hydrogen-bond donors (Lipinski definition) is 2. The van der Waals surface area contributed by atoms with Crippen molar-refractivity contribution in [2.24, 2.45) is 0 Å². The molecule has 0 saturated carbocycles. The summed E-state index contributed by atoms with van der Waals surface area (Å²) in [5.74, 6) is 0.0583. The second-order valence-electron chi connectivity index (χ2n) is 19.7. The highest BCUT2D eigenvalue weighted by Gasteiger charge is 2.53. The molecule has 2 saturated heterocycles. The summed E-state index contributed by atoms with van der Waals surface area (Å²) in [4.78, 5) is 40.2. The smallest absolute Gasteiger partial charge is 0.389 e. The number of carbonyl (C=O) groups excluding carboxylic acids is 1. The lowest BCUT2D eigenvalue weighted by Gasteiger charge is -2.27. The van der Waals surface area contributed by atoms with Crippen LogP contribution in [0, 0.1) is 0 Å². The van der Waals surface area contributed by atoms with Crippen LogP contribution in [0.1, 0.15) is 40.9 Å². The third-order valence-corrected chi connectivity index (χ3v) is 19.0. The minimum atomic E-state index is -4.61. The van der Waals surface area contributed by atoms with Crippen molar-refractivity contribution >= 4 is 78.8 Å². The predicted molar refractivity (Wildman–Crippen MR) is 304 cm³/mol. The molecular formula is C53H51BF2N14O11P2S. The number of rotatable bonds is 19. The van der Waals surface area contributed by atoms with Gasteiger partial charge in [-0.3, -0.25) is 22.7 Å². The van der Waals surface area contributed by atoms with Gasteiger partial charge in [0.15, 0.2) is 47.7 Å². The van der Waals surface area contributed by atoms with Crippen molar-refractivity contribution in [2.45, 2.75) is 75.0 Å². The zero-order chi connectivity index (χ0) is 58.4. The maximum atomic E-state index is 16.8. The lowest BCUT2D eigenvalue weighted by molar-refractivity contribution is -0.0428. The van der Waals surface area contributed by atoms with Gasteiger partial charge in [-0.25, -0.2) is 52.7 Å². The molecule has 8 heterocycles. The van der Waals surface area contributed by atoms with E-state index in [-0.39, 0.29) is 57.6 Å². The lowest BCUT2D eigenvalue weighted by Crippen LogP contribution is -2.34. The number of alkyl halides is 2. The van der Waals surface area contributed by atoms with Gasteiger partial charge in [0.25, 0.3) is 7.47 Å². The molecule has 3 unspecified atom stereocenters. The fourth-order valence-corrected chi connectivity index (χ4v) is 14.2. The number of hydrogen-bond acceptors (Lipinski definition) is 23. The number of para-hydroxylation sites is 1. The zero-order valence-electron chi connectivity index (χ0n) is 44.8. The maximum absolute atomic E-state index is 16.8. The second kappa shape index (κ2) is 23.4. The Morgan fingerprint density at radius 3 is 2.11 bits per heavy atom. The molecule has 31 heteroatoms. The average molecular weight is 1200 g/mol. The first-order chi connectivity index (χ1) is 40.5. The predicted octanol–water partition coefficient (Wildman–Crippen LogP) is 8.25. The molecule has 2 radical (unpaired) electrons. The van der Waals surface area contributed by atoms with Gasteiger partial charge >= 0.3 is 12.8 Å². The summed E-state index contributed by atoms with van der Waals surface area (Å²) < 4.78 is 112. The molecule has 0 spiro atoms. The molecule has 3 aliphatic rings. The van der Waals surface area contributed by atoms with E-state index >= 15 is 13.3 Å². The van der Waals surface area contributed by atoms with E-state index in [0.717, 1.165) is 47.2 Å². The summed E-state index contributed by atoms with van der Waals surface area (Å²) in [7, 11) is 4.42. The van der Waals surface area contributed by atoms with Gasteiger partial charge in [-0.1, -0.05) is 59.8 Å². The minimum Gasteiger partial charge on any atom is -0.492 e. The fourth-order valence-electron chi connectivity index (χ4n) is 10.1. The van der Waals surface area contributed by atoms with Crippen molar-refractivity contribution in [2.75, 3.05) is 43.7 Å². The van der Waals surface area contributed by atoms with E-state index in [0.29, 0.717) is 35.8 Å². The normalized spacial score (nSPS) is 22.6. The molecule has 0 amide bonds. The number of ether oxygens (including phenoxy) is 4. The van der Waals surface area contributed by atoms with E-state index < -0.39 is 76.1 Å². The maximum Gasteiger partial charge on any atom is 0.389 e. The molecule has 4 N–H and O–H groups in total. The number of benzene rings is 4. The SMILES string of the molecule is [B]P(=O)(OC)O[C@H]1[C@@H](F)[C@H](n2cnc3c(N)ncnc32)O[C@@H]1COP(=O)(O[C@@H]1C(C)O[C@@H](n2cnc3c(N)ncnc32)[C@@H]1F)SCc1ccc(OC(=O)c2ccc(OCCn3nnc4c3-c3ccccc3CN(C)c3ccccc3-4)cc2)cc1. The van der Waals surface area contributed by atoms with E-state index in [1.54, 1.807) is 36.4 Å². The molecule has 432 valence electrons. The van der Waals surface area contributed by atoms with Gasteiger partial charge in [-0.2, -0.15) is 0 Å². The Balaban J connectivity index is 0.720. The first-order valence-electron chi connectivity index (χ1n) is 26.1. The third kappa shape index (κ3) is 11.3. The monoisotopic (exact) mass is 1200 g/mol. The number of fused-ring (bicyclic) bond motifs is 7. The van der Waals surface area contributed by atoms with Crippen LogP contribution in [0.5, 0.6) is 11.5 Å². The third-order valence-electron chi connectivity index (χ3n) is 14.3. The quantitative estimate of drug-likeness (QED) is 0.0333. The topological polar surface area (TPSA) is 298 Å². The fraction of sp³-hybridized carbons (Fsp3) is 0.302. The summed E-state index contributed by atoms with van der Waals surface area (Å²) in [6.45, 7) is -2.47. The Hall–Kier alpha value is -7.72. The molecule has 2 fully saturated rings. The van der Waals surface area contributed by atoms with Crippen LogP contribution >= 0.6 is 25.7 Å². The Morgan fingerprint density at radius 1 is 0.786 bits per heavy atom. The van der Waals surface area contributed by atoms with Crippen molar-refractivity contribution in [3.63, 3.8) is 0 Å². The van der Waals surface area contributed by atoms with Crippen molar-refractivity contribution < 1.29 is 59.7 Å². The molecule has 25 nitrogen and oxygen atoms in total. The van der Waals surface area contributed by atoms with Crippen LogP contribution in [0.25, 0.3) is 44.8 Å². The molecule has 0 bridgehead atoms. The van der Waals surface area contributed by atoms with Gasteiger partial charge < -0.3 is 44.4 Å². The lowest BCUT2D eigenvalue weighted by atomic mass is 9.96. The van der Waals surface area contributed by atoms with E-state index in [9.17, 15) is 9.36 Å². The van der Waals surface area contributed by atoms with Crippen LogP contribution in [-0.2, 0) is 55.5 Å². The summed E-state index contributed by atoms with van der Waals surface area (Å²) in [5.41, 5.74) is 19.3. The molecule has 10 atom stereocenters. The Labute approximate surface area is 482 Å². The van der Waals surface area contributed by atoms with Gasteiger partial charge in [0.05, 0.1) is 43.2 Å². The summed E-state index contributed by atoms with van der Waals surface area (Å²) >= 11 is 0.665. The Kier molecular flexibility index (Phi) is 15.8. The van der Waals surface area contributed by atoms with Crippen molar-refractivity contribution in [1.29, 1.82) is 0 Å². The van der Waals surface area contributed by atoms with Crippen LogP contribution < -0.4 is 25.8 Å². The molecule has 9 aromatic rings. The van der Waals surface area contributed by atoms with Gasteiger partial charge in [0.1, 0.15) is 65.8 Å². The van der Waals surface area contributed by atoms with Crippen LogP contribution in [0.3, 0.4) is 0 Å². The number of nitrogens with zero attached hydrogens (tertiary/aromatic N) is 12. The summed E-state index contributed by atoms with van der Waals surface area (Å²) in [6.07, 6.45) is -8.08. The summed E-state index contributed by atoms with van der Waals surface area (Å²) in [6, 6.07) is 29.2. The summed E-state index contributed by atoms with van der Waals surface area (Å²) in [5, 5.41) is 9.19. The van der Waals surface area contributed by atoms with Crippen molar-refractivity contribution in [3.05, 3.63) is 139 Å². The second-order valence-corrected chi connectivity index (χ2v) is 25.4. The van der Waals surface area contributed by atoms with Crippen LogP contribution in [0.4, 0.5) is 26.1 Å². The highest BCUT2D eigenvalue weighted by Crippen LogP contribution is 2.64. The molecular weight excluding hydrogens is 1150 g/mol. The average Bonchev–Trinajstić information content (AvgIpc) is 2.81. The van der Waals surface area contributed by atoms with Crippen LogP contribution in [0.15, 0.2) is 122 Å². The Morgan fingerprint density at radius 2 is 1.42 bits per heavy atom. The van der Waals surface area contributed by atoms with E-state index in [1.165, 1.54) is 47.2 Å². The standard InChI is InChI=1S/C53H51BF2N14O11P2S/c1-29-45(39(55)51(77-29)68-27-63-42-47(57)59-25-61-49(42)68)81-83(73,76-23-38-46(80-82(54,72)74-3)40(56)52(79-38)69-28-64-43-48(58)60-26-62-50(43)69)84-24-30-12-16-34(17-13-30)78-53(71)31-14-18-33(19-15-31)75-21-20-70-44-35-9-5-4-8-32(35)22-67(2)37-11-7-6-10-36(37)41(44)65-66-70/h4-19,25-29,38-40,45-46,51-52H,20-24H2,1-3H3,(H2,57,59,61)(H2,58,60,62)/t29?,38-,39-,40-,45-,46-,51-,52-,82?,83?/m1/s1.